The molecule has 0 N–H and O–H groups in total. The van der Waals surface area contributed by atoms with Gasteiger partial charge in [0.1, 0.15) is 10.8 Å². The van der Waals surface area contributed by atoms with E-state index in [1.807, 2.05) is 0 Å². The van der Waals surface area contributed by atoms with E-state index >= 15 is 0 Å². The van der Waals surface area contributed by atoms with E-state index in [1.165, 1.54) is 22.3 Å². The molecular formula is C21H17F3N2O3S2. The zero-order valence-electron chi connectivity index (χ0n) is 16.1. The molecule has 0 spiro atoms. The first-order chi connectivity index (χ1) is 14.6. The normalized spacial score (nSPS) is 14.4. The molecule has 0 radical (unpaired) electrons. The van der Waals surface area contributed by atoms with Gasteiger partial charge < -0.3 is 4.90 Å². The topological polar surface area (TPSA) is 67.3 Å². The molecule has 4 rings (SSSR count). The Hall–Kier alpha value is -2.72. The SMILES string of the molecule is O=C(c1ccc(C(F)(F)F)cc1)N1CCCc2cc(S(=O)(=O)Cc3nccs3)ccc21. The number of aryl methyl sites for hydroxylation is 1. The molecule has 1 aliphatic rings. The highest BCUT2D eigenvalue weighted by atomic mass is 32.2. The third kappa shape index (κ3) is 4.49. The summed E-state index contributed by atoms with van der Waals surface area (Å²) in [4.78, 5) is 18.6. The second-order valence-electron chi connectivity index (χ2n) is 7.11. The Morgan fingerprint density at radius 3 is 2.52 bits per heavy atom. The average Bonchev–Trinajstić information content (AvgIpc) is 3.24. The minimum atomic E-state index is -4.47. The van der Waals surface area contributed by atoms with Gasteiger partial charge in [-0.2, -0.15) is 13.2 Å². The van der Waals surface area contributed by atoms with Crippen LogP contribution in [0, 0.1) is 0 Å². The molecule has 0 aliphatic carbocycles. The predicted molar refractivity (Wildman–Crippen MR) is 111 cm³/mol. The standard InChI is InChI=1S/C21H17F3N2O3S2/c22-21(23,24)16-5-3-14(4-6-16)20(27)26-10-1-2-15-12-17(7-8-18(15)26)31(28,29)13-19-25-9-11-30-19/h3-9,11-12H,1-2,10,13H2. The number of anilines is 1. The van der Waals surface area contributed by atoms with Crippen LogP contribution in [0.5, 0.6) is 0 Å². The number of fused-ring (bicyclic) bond motifs is 1. The Morgan fingerprint density at radius 1 is 1.13 bits per heavy atom. The number of rotatable bonds is 4. The highest BCUT2D eigenvalue weighted by molar-refractivity contribution is 7.90. The Labute approximate surface area is 181 Å². The highest BCUT2D eigenvalue weighted by Crippen LogP contribution is 2.33. The molecule has 2 aromatic carbocycles. The van der Waals surface area contributed by atoms with E-state index < -0.39 is 27.5 Å². The van der Waals surface area contributed by atoms with Crippen LogP contribution in [0.25, 0.3) is 0 Å². The van der Waals surface area contributed by atoms with Crippen molar-refractivity contribution in [2.45, 2.75) is 29.7 Å². The van der Waals surface area contributed by atoms with Gasteiger partial charge >= 0.3 is 6.18 Å². The average molecular weight is 467 g/mol. The summed E-state index contributed by atoms with van der Waals surface area (Å²) in [5.74, 6) is -0.620. The number of halogens is 3. The molecule has 0 fully saturated rings. The molecule has 162 valence electrons. The van der Waals surface area contributed by atoms with Crippen LogP contribution in [-0.2, 0) is 28.2 Å². The van der Waals surface area contributed by atoms with Gasteiger partial charge in [-0.1, -0.05) is 0 Å². The van der Waals surface area contributed by atoms with Gasteiger partial charge in [0.05, 0.1) is 10.5 Å². The third-order valence-corrected chi connectivity index (χ3v) is 7.62. The van der Waals surface area contributed by atoms with Crippen LogP contribution in [-0.4, -0.2) is 25.9 Å². The van der Waals surface area contributed by atoms with Gasteiger partial charge in [0, 0.05) is 29.4 Å². The Morgan fingerprint density at radius 2 is 1.87 bits per heavy atom. The van der Waals surface area contributed by atoms with E-state index in [-0.39, 0.29) is 16.2 Å². The lowest BCUT2D eigenvalue weighted by Gasteiger charge is -2.30. The molecular weight excluding hydrogens is 449 g/mol. The third-order valence-electron chi connectivity index (χ3n) is 5.03. The molecule has 31 heavy (non-hydrogen) atoms. The van der Waals surface area contributed by atoms with E-state index in [0.29, 0.717) is 35.6 Å². The first-order valence-electron chi connectivity index (χ1n) is 9.38. The van der Waals surface area contributed by atoms with Crippen molar-refractivity contribution < 1.29 is 26.4 Å². The van der Waals surface area contributed by atoms with Crippen molar-refractivity contribution in [2.24, 2.45) is 0 Å². The smallest absolute Gasteiger partial charge is 0.308 e. The molecule has 2 heterocycles. The van der Waals surface area contributed by atoms with Crippen molar-refractivity contribution in [3.63, 3.8) is 0 Å². The molecule has 3 aromatic rings. The number of sulfone groups is 1. The van der Waals surface area contributed by atoms with Crippen LogP contribution < -0.4 is 4.90 Å². The van der Waals surface area contributed by atoms with Crippen molar-refractivity contribution >= 4 is 32.8 Å². The molecule has 1 aliphatic heterocycles. The number of nitrogens with zero attached hydrogens (tertiary/aromatic N) is 2. The summed E-state index contributed by atoms with van der Waals surface area (Å²) in [6.45, 7) is 0.401. The van der Waals surface area contributed by atoms with Crippen LogP contribution in [0.1, 0.15) is 32.9 Å². The lowest BCUT2D eigenvalue weighted by molar-refractivity contribution is -0.137. The molecule has 10 heteroatoms. The highest BCUT2D eigenvalue weighted by Gasteiger charge is 2.31. The second-order valence-corrected chi connectivity index (χ2v) is 10.1. The first-order valence-corrected chi connectivity index (χ1v) is 11.9. The number of amides is 1. The van der Waals surface area contributed by atoms with E-state index in [0.717, 1.165) is 24.3 Å². The Kier molecular flexibility index (Phi) is 5.61. The minimum absolute atomic E-state index is 0.140. The fourth-order valence-corrected chi connectivity index (χ4v) is 5.81. The number of hydrogen-bond acceptors (Lipinski definition) is 5. The lowest BCUT2D eigenvalue weighted by atomic mass is 10.0. The zero-order chi connectivity index (χ0) is 22.2. The Bertz CT molecular complexity index is 1210. The van der Waals surface area contributed by atoms with Crippen molar-refractivity contribution in [1.29, 1.82) is 0 Å². The largest absolute Gasteiger partial charge is 0.416 e. The summed E-state index contributed by atoms with van der Waals surface area (Å²) in [7, 11) is -3.59. The molecule has 1 amide bonds. The van der Waals surface area contributed by atoms with Gasteiger partial charge in [-0.15, -0.1) is 11.3 Å². The molecule has 5 nitrogen and oxygen atoms in total. The van der Waals surface area contributed by atoms with Crippen LogP contribution in [0.4, 0.5) is 18.9 Å². The monoisotopic (exact) mass is 466 g/mol. The van der Waals surface area contributed by atoms with Gasteiger partial charge in [-0.3, -0.25) is 4.79 Å². The number of hydrogen-bond donors (Lipinski definition) is 0. The van der Waals surface area contributed by atoms with Gasteiger partial charge in [-0.25, -0.2) is 13.4 Å². The van der Waals surface area contributed by atoms with E-state index in [9.17, 15) is 26.4 Å². The fraction of sp³-hybridized carbons (Fsp3) is 0.238. The van der Waals surface area contributed by atoms with Crippen LogP contribution in [0.3, 0.4) is 0 Å². The second kappa shape index (κ2) is 8.08. The van der Waals surface area contributed by atoms with Gasteiger partial charge in [0.15, 0.2) is 9.84 Å². The number of aromatic nitrogens is 1. The number of carbonyl (C=O) groups is 1. The van der Waals surface area contributed by atoms with E-state index in [1.54, 1.807) is 23.7 Å². The van der Waals surface area contributed by atoms with Crippen molar-refractivity contribution in [3.05, 3.63) is 75.7 Å². The van der Waals surface area contributed by atoms with Gasteiger partial charge in [-0.05, 0) is 60.9 Å². The maximum absolute atomic E-state index is 12.9. The zero-order valence-corrected chi connectivity index (χ0v) is 17.7. The summed E-state index contributed by atoms with van der Waals surface area (Å²) < 4.78 is 63.8. The van der Waals surface area contributed by atoms with Crippen LogP contribution >= 0.6 is 11.3 Å². The quantitative estimate of drug-likeness (QED) is 0.558. The van der Waals surface area contributed by atoms with E-state index in [4.69, 9.17) is 0 Å². The molecule has 1 aromatic heterocycles. The molecule has 0 saturated heterocycles. The van der Waals surface area contributed by atoms with E-state index in [2.05, 4.69) is 4.98 Å². The van der Waals surface area contributed by atoms with Crippen molar-refractivity contribution in [3.8, 4) is 0 Å². The maximum Gasteiger partial charge on any atom is 0.416 e. The Balaban J connectivity index is 1.60. The predicted octanol–water partition coefficient (Wildman–Crippen LogP) is 4.73. The fourth-order valence-electron chi connectivity index (χ4n) is 3.51. The van der Waals surface area contributed by atoms with Gasteiger partial charge in [0.2, 0.25) is 0 Å². The summed E-state index contributed by atoms with van der Waals surface area (Å²) >= 11 is 1.26. The molecule has 0 saturated carbocycles. The lowest BCUT2D eigenvalue weighted by Crippen LogP contribution is -2.35. The number of thiazole rings is 1. The summed E-state index contributed by atoms with van der Waals surface area (Å²) in [6, 6.07) is 8.70. The van der Waals surface area contributed by atoms with Crippen LogP contribution in [0.15, 0.2) is 58.9 Å². The number of alkyl halides is 3. The van der Waals surface area contributed by atoms with Crippen LogP contribution in [0.2, 0.25) is 0 Å². The maximum atomic E-state index is 12.9. The molecule has 0 atom stereocenters. The number of carbonyl (C=O) groups excluding carboxylic acids is 1. The molecule has 0 unspecified atom stereocenters. The molecule has 0 bridgehead atoms. The first kappa shape index (κ1) is 21.5. The summed E-state index contributed by atoms with van der Waals surface area (Å²) in [5.41, 5.74) is 0.607. The van der Waals surface area contributed by atoms with Gasteiger partial charge in [0.25, 0.3) is 5.91 Å². The number of benzene rings is 2. The minimum Gasteiger partial charge on any atom is -0.308 e. The summed E-state index contributed by atoms with van der Waals surface area (Å²) in [6.07, 6.45) is -1.70. The summed E-state index contributed by atoms with van der Waals surface area (Å²) in [5, 5.41) is 2.21. The van der Waals surface area contributed by atoms with Crippen molar-refractivity contribution in [2.75, 3.05) is 11.4 Å². The van der Waals surface area contributed by atoms with Crippen molar-refractivity contribution in [1.82, 2.24) is 4.98 Å².